The van der Waals surface area contributed by atoms with Gasteiger partial charge in [-0.05, 0) is 31.1 Å². The molecule has 0 heterocycles. The average Bonchev–Trinajstić information content (AvgIpc) is 2.41. The van der Waals surface area contributed by atoms with Crippen LogP contribution < -0.4 is 5.32 Å². The van der Waals surface area contributed by atoms with E-state index in [0.717, 1.165) is 25.7 Å². The molecule has 1 N–H and O–H groups in total. The van der Waals surface area contributed by atoms with E-state index in [1.807, 2.05) is 0 Å². The van der Waals surface area contributed by atoms with E-state index in [2.05, 4.69) is 5.32 Å². The van der Waals surface area contributed by atoms with Crippen LogP contribution in [0.2, 0.25) is 5.02 Å². The molecule has 2 rings (SSSR count). The highest BCUT2D eigenvalue weighted by Crippen LogP contribution is 2.20. The van der Waals surface area contributed by atoms with Crippen LogP contribution in [-0.2, 0) is 4.79 Å². The van der Waals surface area contributed by atoms with Crippen molar-refractivity contribution in [2.24, 2.45) is 0 Å². The highest BCUT2D eigenvalue weighted by Gasteiger charge is 2.12. The van der Waals surface area contributed by atoms with Crippen molar-refractivity contribution in [1.29, 1.82) is 0 Å². The smallest absolute Gasteiger partial charge is 0.244 e. The molecule has 0 unspecified atom stereocenters. The molecule has 1 aliphatic carbocycles. The summed E-state index contributed by atoms with van der Waals surface area (Å²) in [4.78, 5) is 11.9. The SMILES string of the molecule is O=C(/C=C/c1c(F)cccc1Cl)NC1CCCCCCC1. The topological polar surface area (TPSA) is 29.1 Å². The molecule has 1 amide bonds. The van der Waals surface area contributed by atoms with Gasteiger partial charge in [0.15, 0.2) is 0 Å². The van der Waals surface area contributed by atoms with E-state index in [1.54, 1.807) is 12.1 Å². The normalized spacial score (nSPS) is 17.4. The Balaban J connectivity index is 1.92. The van der Waals surface area contributed by atoms with Gasteiger partial charge < -0.3 is 5.32 Å². The average molecular weight is 310 g/mol. The Hall–Kier alpha value is -1.35. The second-order valence-corrected chi connectivity index (χ2v) is 5.93. The molecule has 114 valence electrons. The first-order valence-electron chi connectivity index (χ1n) is 7.59. The Morgan fingerprint density at radius 1 is 1.19 bits per heavy atom. The van der Waals surface area contributed by atoms with Crippen LogP contribution in [0.1, 0.15) is 50.5 Å². The summed E-state index contributed by atoms with van der Waals surface area (Å²) < 4.78 is 13.6. The Labute approximate surface area is 130 Å². The molecule has 0 aliphatic heterocycles. The van der Waals surface area contributed by atoms with Crippen LogP contribution in [0.5, 0.6) is 0 Å². The van der Waals surface area contributed by atoms with Crippen LogP contribution >= 0.6 is 11.6 Å². The molecule has 0 aromatic heterocycles. The van der Waals surface area contributed by atoms with Crippen LogP contribution in [0, 0.1) is 5.82 Å². The van der Waals surface area contributed by atoms with Gasteiger partial charge in [0.25, 0.3) is 0 Å². The second-order valence-electron chi connectivity index (χ2n) is 5.52. The lowest BCUT2D eigenvalue weighted by atomic mass is 9.97. The summed E-state index contributed by atoms with van der Waals surface area (Å²) in [5.74, 6) is -0.600. The Bertz CT molecular complexity index is 487. The van der Waals surface area contributed by atoms with E-state index in [1.165, 1.54) is 37.5 Å². The molecule has 0 spiro atoms. The fraction of sp³-hybridized carbons (Fsp3) is 0.471. The first kappa shape index (κ1) is 16.0. The monoisotopic (exact) mass is 309 g/mol. The Morgan fingerprint density at radius 2 is 1.86 bits per heavy atom. The van der Waals surface area contributed by atoms with Gasteiger partial charge in [0.2, 0.25) is 5.91 Å². The van der Waals surface area contributed by atoms with Crippen molar-refractivity contribution in [3.63, 3.8) is 0 Å². The van der Waals surface area contributed by atoms with E-state index in [0.29, 0.717) is 5.02 Å². The molecule has 1 aliphatic rings. The van der Waals surface area contributed by atoms with Gasteiger partial charge in [-0.3, -0.25) is 4.79 Å². The maximum atomic E-state index is 13.6. The number of hydrogen-bond acceptors (Lipinski definition) is 1. The molecular weight excluding hydrogens is 289 g/mol. The molecule has 1 aromatic rings. The van der Waals surface area contributed by atoms with Crippen molar-refractivity contribution in [2.75, 3.05) is 0 Å². The second kappa shape index (κ2) is 8.18. The van der Waals surface area contributed by atoms with Crippen molar-refractivity contribution in [1.82, 2.24) is 5.32 Å². The Morgan fingerprint density at radius 3 is 2.52 bits per heavy atom. The lowest BCUT2D eigenvalue weighted by molar-refractivity contribution is -0.117. The number of halogens is 2. The summed E-state index contributed by atoms with van der Waals surface area (Å²) in [5.41, 5.74) is 0.256. The summed E-state index contributed by atoms with van der Waals surface area (Å²) in [5, 5.41) is 3.31. The molecule has 0 saturated heterocycles. The predicted octanol–water partition coefficient (Wildman–Crippen LogP) is 4.72. The minimum atomic E-state index is -0.419. The van der Waals surface area contributed by atoms with Gasteiger partial charge in [0, 0.05) is 17.7 Å². The molecule has 0 radical (unpaired) electrons. The van der Waals surface area contributed by atoms with E-state index in [4.69, 9.17) is 11.6 Å². The van der Waals surface area contributed by atoms with E-state index in [9.17, 15) is 9.18 Å². The first-order chi connectivity index (χ1) is 10.2. The van der Waals surface area contributed by atoms with Crippen LogP contribution in [0.4, 0.5) is 4.39 Å². The fourth-order valence-electron chi connectivity index (χ4n) is 2.68. The molecule has 4 heteroatoms. The Kier molecular flexibility index (Phi) is 6.24. The zero-order valence-corrected chi connectivity index (χ0v) is 12.8. The number of hydrogen-bond donors (Lipinski definition) is 1. The van der Waals surface area contributed by atoms with Gasteiger partial charge in [0.1, 0.15) is 5.82 Å². The molecule has 1 aromatic carbocycles. The van der Waals surface area contributed by atoms with Gasteiger partial charge in [-0.15, -0.1) is 0 Å². The molecule has 0 atom stereocenters. The fourth-order valence-corrected chi connectivity index (χ4v) is 2.90. The quantitative estimate of drug-likeness (QED) is 0.804. The molecular formula is C17H21ClFNO. The molecule has 1 saturated carbocycles. The number of carbonyl (C=O) groups excluding carboxylic acids is 1. The maximum absolute atomic E-state index is 13.6. The zero-order valence-electron chi connectivity index (χ0n) is 12.1. The van der Waals surface area contributed by atoms with Crippen molar-refractivity contribution in [3.8, 4) is 0 Å². The van der Waals surface area contributed by atoms with E-state index < -0.39 is 5.82 Å². The summed E-state index contributed by atoms with van der Waals surface area (Å²) in [6.45, 7) is 0. The third-order valence-electron chi connectivity index (χ3n) is 3.85. The number of rotatable bonds is 3. The number of amides is 1. The number of benzene rings is 1. The van der Waals surface area contributed by atoms with Gasteiger partial charge in [0.05, 0.1) is 5.02 Å². The standard InChI is InChI=1S/C17H21ClFNO/c18-15-9-6-10-16(19)14(15)11-12-17(21)20-13-7-4-2-1-3-5-8-13/h6,9-13H,1-5,7-8H2,(H,20,21)/b12-11+. The van der Waals surface area contributed by atoms with E-state index >= 15 is 0 Å². The zero-order chi connectivity index (χ0) is 15.1. The van der Waals surface area contributed by atoms with Crippen LogP contribution in [0.3, 0.4) is 0 Å². The molecule has 1 fully saturated rings. The lowest BCUT2D eigenvalue weighted by Gasteiger charge is -2.20. The summed E-state index contributed by atoms with van der Waals surface area (Å²) in [6, 6.07) is 4.72. The third kappa shape index (κ3) is 5.16. The van der Waals surface area contributed by atoms with Crippen molar-refractivity contribution < 1.29 is 9.18 Å². The minimum Gasteiger partial charge on any atom is -0.350 e. The summed E-state index contributed by atoms with van der Waals surface area (Å²) in [7, 11) is 0. The third-order valence-corrected chi connectivity index (χ3v) is 4.18. The number of carbonyl (C=O) groups is 1. The highest BCUT2D eigenvalue weighted by molar-refractivity contribution is 6.32. The molecule has 2 nitrogen and oxygen atoms in total. The van der Waals surface area contributed by atoms with Crippen molar-refractivity contribution in [3.05, 3.63) is 40.7 Å². The van der Waals surface area contributed by atoms with Gasteiger partial charge in [-0.1, -0.05) is 49.8 Å². The summed E-state index contributed by atoms with van der Waals surface area (Å²) >= 11 is 5.92. The van der Waals surface area contributed by atoms with Crippen LogP contribution in [-0.4, -0.2) is 11.9 Å². The lowest BCUT2D eigenvalue weighted by Crippen LogP contribution is -2.34. The van der Waals surface area contributed by atoms with E-state index in [-0.39, 0.29) is 17.5 Å². The maximum Gasteiger partial charge on any atom is 0.244 e. The summed E-state index contributed by atoms with van der Waals surface area (Å²) in [6.07, 6.45) is 11.0. The van der Waals surface area contributed by atoms with Crippen molar-refractivity contribution in [2.45, 2.75) is 51.0 Å². The first-order valence-corrected chi connectivity index (χ1v) is 7.97. The van der Waals surface area contributed by atoms with Gasteiger partial charge in [-0.25, -0.2) is 4.39 Å². The molecule has 0 bridgehead atoms. The van der Waals surface area contributed by atoms with Crippen molar-refractivity contribution >= 4 is 23.6 Å². The largest absolute Gasteiger partial charge is 0.350 e. The predicted molar refractivity (Wildman–Crippen MR) is 84.7 cm³/mol. The molecule has 21 heavy (non-hydrogen) atoms. The van der Waals surface area contributed by atoms with Gasteiger partial charge >= 0.3 is 0 Å². The highest BCUT2D eigenvalue weighted by atomic mass is 35.5. The minimum absolute atomic E-state index is 0.181. The van der Waals surface area contributed by atoms with Gasteiger partial charge in [-0.2, -0.15) is 0 Å². The number of nitrogens with one attached hydrogen (secondary N) is 1. The van der Waals surface area contributed by atoms with Crippen LogP contribution in [0.15, 0.2) is 24.3 Å². The van der Waals surface area contributed by atoms with Crippen LogP contribution in [0.25, 0.3) is 6.08 Å².